The first-order chi connectivity index (χ1) is 10.1. The second-order valence-corrected chi connectivity index (χ2v) is 7.51. The number of hydrogen-bond donors (Lipinski definition) is 1. The molecule has 0 aromatic heterocycles. The molecule has 0 aliphatic heterocycles. The number of benzene rings is 1. The number of rotatable bonds is 3. The Bertz CT molecular complexity index is 566. The highest BCUT2D eigenvalue weighted by atomic mass is 19.1. The maximum atomic E-state index is 13.5. The molecule has 0 radical (unpaired) electrons. The third-order valence-corrected chi connectivity index (χ3v) is 5.79. The van der Waals surface area contributed by atoms with Crippen molar-refractivity contribution in [1.82, 2.24) is 5.32 Å². The van der Waals surface area contributed by atoms with E-state index in [0.717, 1.165) is 23.3 Å². The Hall–Kier alpha value is -1.40. The van der Waals surface area contributed by atoms with Crippen LogP contribution in [0.4, 0.5) is 4.39 Å². The van der Waals surface area contributed by atoms with Gasteiger partial charge in [0, 0.05) is 12.1 Å². The van der Waals surface area contributed by atoms with E-state index in [1.807, 2.05) is 6.07 Å². The molecule has 0 amide bonds. The molecule has 1 aromatic carbocycles. The molecular weight excluding hydrogens is 263 g/mol. The summed E-state index contributed by atoms with van der Waals surface area (Å²) in [6.45, 7) is 0.679. The average molecular weight is 284 g/mol. The van der Waals surface area contributed by atoms with Gasteiger partial charge in [-0.2, -0.15) is 5.26 Å². The van der Waals surface area contributed by atoms with E-state index in [9.17, 15) is 4.39 Å². The molecule has 4 fully saturated rings. The molecule has 0 unspecified atom stereocenters. The number of halogens is 1. The topological polar surface area (TPSA) is 35.8 Å². The molecule has 4 bridgehead atoms. The van der Waals surface area contributed by atoms with Crippen LogP contribution in [0.1, 0.15) is 49.7 Å². The Kier molecular flexibility index (Phi) is 3.04. The van der Waals surface area contributed by atoms with Gasteiger partial charge >= 0.3 is 0 Å². The molecule has 1 aromatic rings. The first-order valence-electron chi connectivity index (χ1n) is 8.09. The van der Waals surface area contributed by atoms with E-state index in [0.29, 0.717) is 12.1 Å². The Morgan fingerprint density at radius 1 is 1.10 bits per heavy atom. The molecule has 4 aliphatic carbocycles. The zero-order valence-corrected chi connectivity index (χ0v) is 12.2. The Balaban J connectivity index is 1.50. The van der Waals surface area contributed by atoms with E-state index in [2.05, 4.69) is 5.32 Å². The lowest BCUT2D eigenvalue weighted by Gasteiger charge is -2.57. The van der Waals surface area contributed by atoms with Crippen molar-refractivity contribution in [2.75, 3.05) is 0 Å². The molecular formula is C18H21FN2. The predicted octanol–water partition coefficient (Wildman–Crippen LogP) is 3.76. The standard InChI is InChI=1S/C18H21FN2/c19-17-5-15(10-20)4-16(6-17)11-21-18-7-12-1-13(8-18)3-14(2-12)9-18/h4-6,12-14,21H,1-3,7-9,11H2. The van der Waals surface area contributed by atoms with Crippen LogP contribution in [0.5, 0.6) is 0 Å². The van der Waals surface area contributed by atoms with E-state index in [4.69, 9.17) is 5.26 Å². The van der Waals surface area contributed by atoms with Gasteiger partial charge in [0.2, 0.25) is 0 Å². The van der Waals surface area contributed by atoms with Gasteiger partial charge in [-0.3, -0.25) is 0 Å². The van der Waals surface area contributed by atoms with Gasteiger partial charge in [0.1, 0.15) is 5.82 Å². The summed E-state index contributed by atoms with van der Waals surface area (Å²) in [4.78, 5) is 0. The summed E-state index contributed by atoms with van der Waals surface area (Å²) in [5.74, 6) is 2.42. The van der Waals surface area contributed by atoms with Gasteiger partial charge in [0.05, 0.1) is 11.6 Å². The van der Waals surface area contributed by atoms with Crippen molar-refractivity contribution < 1.29 is 4.39 Å². The smallest absolute Gasteiger partial charge is 0.124 e. The Labute approximate surface area is 125 Å². The maximum Gasteiger partial charge on any atom is 0.124 e. The van der Waals surface area contributed by atoms with Crippen molar-refractivity contribution in [3.63, 3.8) is 0 Å². The third kappa shape index (κ3) is 2.46. The van der Waals surface area contributed by atoms with Crippen LogP contribution in [0.2, 0.25) is 0 Å². The molecule has 0 heterocycles. The van der Waals surface area contributed by atoms with E-state index < -0.39 is 0 Å². The van der Waals surface area contributed by atoms with Gasteiger partial charge in [-0.25, -0.2) is 4.39 Å². The van der Waals surface area contributed by atoms with Crippen molar-refractivity contribution in [2.24, 2.45) is 17.8 Å². The molecule has 0 atom stereocenters. The molecule has 0 spiro atoms. The van der Waals surface area contributed by atoms with Crippen molar-refractivity contribution >= 4 is 0 Å². The van der Waals surface area contributed by atoms with Gasteiger partial charge < -0.3 is 5.32 Å². The number of hydrogen-bond acceptors (Lipinski definition) is 2. The SMILES string of the molecule is N#Cc1cc(F)cc(CNC23CC4CC(CC(C4)C2)C3)c1. The Morgan fingerprint density at radius 2 is 1.71 bits per heavy atom. The fourth-order valence-corrected chi connectivity index (χ4v) is 5.43. The highest BCUT2D eigenvalue weighted by molar-refractivity contribution is 5.33. The summed E-state index contributed by atoms with van der Waals surface area (Å²) in [7, 11) is 0. The highest BCUT2D eigenvalue weighted by Gasteiger charge is 2.50. The molecule has 2 nitrogen and oxygen atoms in total. The first-order valence-corrected chi connectivity index (χ1v) is 8.09. The predicted molar refractivity (Wildman–Crippen MR) is 78.9 cm³/mol. The van der Waals surface area contributed by atoms with E-state index in [1.54, 1.807) is 12.1 Å². The zero-order chi connectivity index (χ0) is 14.4. The minimum absolute atomic E-state index is 0.286. The quantitative estimate of drug-likeness (QED) is 0.917. The van der Waals surface area contributed by atoms with E-state index >= 15 is 0 Å². The fraction of sp³-hybridized carbons (Fsp3) is 0.611. The number of nitrogens with zero attached hydrogens (tertiary/aromatic N) is 1. The first kappa shape index (κ1) is 13.3. The van der Waals surface area contributed by atoms with Gasteiger partial charge in [-0.15, -0.1) is 0 Å². The molecule has 110 valence electrons. The van der Waals surface area contributed by atoms with Crippen LogP contribution in [0.3, 0.4) is 0 Å². The molecule has 4 saturated carbocycles. The maximum absolute atomic E-state index is 13.5. The fourth-order valence-electron chi connectivity index (χ4n) is 5.43. The summed E-state index contributed by atoms with van der Waals surface area (Å²) in [5.41, 5.74) is 1.59. The van der Waals surface area contributed by atoms with Crippen LogP contribution in [-0.2, 0) is 6.54 Å². The van der Waals surface area contributed by atoms with Crippen molar-refractivity contribution in [3.8, 4) is 6.07 Å². The molecule has 1 N–H and O–H groups in total. The molecule has 5 rings (SSSR count). The van der Waals surface area contributed by atoms with Crippen LogP contribution >= 0.6 is 0 Å². The summed E-state index contributed by atoms with van der Waals surface area (Å²) < 4.78 is 13.5. The van der Waals surface area contributed by atoms with Crippen LogP contribution in [0.15, 0.2) is 18.2 Å². The number of nitriles is 1. The van der Waals surface area contributed by atoms with Gasteiger partial charge in [-0.05, 0) is 80.0 Å². The van der Waals surface area contributed by atoms with Gasteiger partial charge in [0.25, 0.3) is 0 Å². The summed E-state index contributed by atoms with van der Waals surface area (Å²) >= 11 is 0. The normalized spacial score (nSPS) is 36.7. The Morgan fingerprint density at radius 3 is 2.29 bits per heavy atom. The summed E-state index contributed by atoms with van der Waals surface area (Å²) in [5, 5.41) is 12.7. The average Bonchev–Trinajstić information content (AvgIpc) is 2.43. The minimum Gasteiger partial charge on any atom is -0.307 e. The van der Waals surface area contributed by atoms with Gasteiger partial charge in [0.15, 0.2) is 0 Å². The summed E-state index contributed by atoms with van der Waals surface area (Å²) in [6, 6.07) is 6.69. The largest absolute Gasteiger partial charge is 0.307 e. The zero-order valence-electron chi connectivity index (χ0n) is 12.2. The highest BCUT2D eigenvalue weighted by Crippen LogP contribution is 2.55. The van der Waals surface area contributed by atoms with Crippen LogP contribution in [0, 0.1) is 34.9 Å². The van der Waals surface area contributed by atoms with Crippen molar-refractivity contribution in [2.45, 2.75) is 50.6 Å². The lowest BCUT2D eigenvalue weighted by molar-refractivity contribution is -0.0206. The lowest BCUT2D eigenvalue weighted by atomic mass is 9.53. The van der Waals surface area contributed by atoms with Crippen molar-refractivity contribution in [3.05, 3.63) is 35.1 Å². The van der Waals surface area contributed by atoms with Crippen molar-refractivity contribution in [1.29, 1.82) is 5.26 Å². The van der Waals surface area contributed by atoms with E-state index in [-0.39, 0.29) is 11.4 Å². The molecule has 4 aliphatic rings. The summed E-state index contributed by atoms with van der Waals surface area (Å²) in [6.07, 6.45) is 8.16. The molecule has 0 saturated heterocycles. The lowest BCUT2D eigenvalue weighted by Crippen LogP contribution is -2.58. The molecule has 3 heteroatoms. The second kappa shape index (κ2) is 4.81. The molecule has 21 heavy (non-hydrogen) atoms. The van der Waals surface area contributed by atoms with Gasteiger partial charge in [-0.1, -0.05) is 0 Å². The van der Waals surface area contributed by atoms with Crippen LogP contribution in [0.25, 0.3) is 0 Å². The number of nitrogens with one attached hydrogen (secondary N) is 1. The van der Waals surface area contributed by atoms with Crippen LogP contribution < -0.4 is 5.32 Å². The van der Waals surface area contributed by atoms with E-state index in [1.165, 1.54) is 44.6 Å². The third-order valence-electron chi connectivity index (χ3n) is 5.79. The second-order valence-electron chi connectivity index (χ2n) is 7.51. The van der Waals surface area contributed by atoms with Crippen LogP contribution in [-0.4, -0.2) is 5.54 Å². The monoisotopic (exact) mass is 284 g/mol. The minimum atomic E-state index is -0.309.